The summed E-state index contributed by atoms with van der Waals surface area (Å²) in [5, 5.41) is 0.726. The van der Waals surface area contributed by atoms with Gasteiger partial charge in [-0.1, -0.05) is 29.8 Å². The minimum absolute atomic E-state index is 0.286. The number of benzene rings is 1. The number of aromatic nitrogens is 1. The summed E-state index contributed by atoms with van der Waals surface area (Å²) in [7, 11) is 0. The van der Waals surface area contributed by atoms with Crippen molar-refractivity contribution >= 4 is 17.5 Å². The maximum absolute atomic E-state index is 12.5. The summed E-state index contributed by atoms with van der Waals surface area (Å²) < 4.78 is 0. The van der Waals surface area contributed by atoms with Crippen molar-refractivity contribution in [1.82, 2.24) is 14.8 Å². The Morgan fingerprint density at radius 1 is 1.07 bits per heavy atom. The fraction of sp³-hybridized carbons (Fsp3) is 0.455. The molecule has 0 aliphatic carbocycles. The van der Waals surface area contributed by atoms with Crippen LogP contribution in [0.1, 0.15) is 37.3 Å². The van der Waals surface area contributed by atoms with Crippen molar-refractivity contribution < 1.29 is 4.79 Å². The molecular weight excluding hydrogens is 358 g/mol. The Balaban J connectivity index is 1.45. The smallest absolute Gasteiger partial charge is 0.236 e. The van der Waals surface area contributed by atoms with Crippen LogP contribution >= 0.6 is 11.6 Å². The van der Waals surface area contributed by atoms with E-state index < -0.39 is 0 Å². The van der Waals surface area contributed by atoms with E-state index in [9.17, 15) is 4.79 Å². The van der Waals surface area contributed by atoms with Gasteiger partial charge in [-0.2, -0.15) is 0 Å². The summed E-state index contributed by atoms with van der Waals surface area (Å²) >= 11 is 6.13. The molecule has 2 saturated heterocycles. The van der Waals surface area contributed by atoms with Crippen molar-refractivity contribution in [3.63, 3.8) is 0 Å². The van der Waals surface area contributed by atoms with Gasteiger partial charge in [0.15, 0.2) is 0 Å². The minimum atomic E-state index is 0.286. The Labute approximate surface area is 166 Å². The van der Waals surface area contributed by atoms with Crippen LogP contribution in [0.15, 0.2) is 42.5 Å². The summed E-state index contributed by atoms with van der Waals surface area (Å²) in [5.74, 6) is 0.665. The van der Waals surface area contributed by atoms with Crippen LogP contribution in [0.4, 0.5) is 0 Å². The van der Waals surface area contributed by atoms with Crippen LogP contribution in [0.25, 0.3) is 11.3 Å². The van der Waals surface area contributed by atoms with E-state index in [1.165, 1.54) is 0 Å². The van der Waals surface area contributed by atoms with Crippen molar-refractivity contribution in [2.45, 2.75) is 31.6 Å². The van der Waals surface area contributed by atoms with Crippen LogP contribution in [0, 0.1) is 0 Å². The number of hydrogen-bond acceptors (Lipinski definition) is 3. The number of pyridine rings is 1. The number of carbonyl (C=O) groups excluding carboxylic acids is 1. The number of rotatable bonds is 4. The predicted octanol–water partition coefficient (Wildman–Crippen LogP) is 4.20. The van der Waals surface area contributed by atoms with Gasteiger partial charge >= 0.3 is 0 Å². The fourth-order valence-corrected chi connectivity index (χ4v) is 4.38. The molecule has 0 radical (unpaired) electrons. The first-order valence-electron chi connectivity index (χ1n) is 9.92. The van der Waals surface area contributed by atoms with E-state index in [0.717, 1.165) is 73.8 Å². The zero-order valence-electron chi connectivity index (χ0n) is 15.6. The van der Waals surface area contributed by atoms with Crippen LogP contribution in [-0.2, 0) is 4.79 Å². The molecule has 5 heteroatoms. The van der Waals surface area contributed by atoms with E-state index in [4.69, 9.17) is 16.6 Å². The SMILES string of the molecule is O=C(CN1CCC[C@H](c2cccc(-c3cccc(Cl)c3)n2)C1)N1CCCC1. The van der Waals surface area contributed by atoms with E-state index in [0.29, 0.717) is 12.5 Å². The summed E-state index contributed by atoms with van der Waals surface area (Å²) in [4.78, 5) is 21.7. The Kier molecular flexibility index (Phi) is 5.74. The van der Waals surface area contributed by atoms with Gasteiger partial charge < -0.3 is 4.90 Å². The molecule has 2 aromatic rings. The molecule has 1 amide bonds. The molecule has 0 bridgehead atoms. The third-order valence-corrected chi connectivity index (χ3v) is 5.87. The van der Waals surface area contributed by atoms with Gasteiger partial charge in [0, 0.05) is 41.8 Å². The number of carbonyl (C=O) groups is 1. The van der Waals surface area contributed by atoms with E-state index in [1.54, 1.807) is 0 Å². The molecule has 4 rings (SSSR count). The van der Waals surface area contributed by atoms with Gasteiger partial charge in [0.2, 0.25) is 5.91 Å². The maximum atomic E-state index is 12.5. The molecule has 142 valence electrons. The average Bonchev–Trinajstić information content (AvgIpc) is 3.23. The predicted molar refractivity (Wildman–Crippen MR) is 109 cm³/mol. The lowest BCUT2D eigenvalue weighted by Gasteiger charge is -2.33. The second-order valence-corrected chi connectivity index (χ2v) is 8.06. The number of likely N-dealkylation sites (tertiary alicyclic amines) is 2. The number of piperidine rings is 1. The lowest BCUT2D eigenvalue weighted by Crippen LogP contribution is -2.43. The highest BCUT2D eigenvalue weighted by Crippen LogP contribution is 2.28. The average molecular weight is 384 g/mol. The second-order valence-electron chi connectivity index (χ2n) is 7.62. The third kappa shape index (κ3) is 4.50. The molecule has 27 heavy (non-hydrogen) atoms. The molecule has 1 atom stereocenters. The Hall–Kier alpha value is -1.91. The van der Waals surface area contributed by atoms with Crippen molar-refractivity contribution in [2.75, 3.05) is 32.7 Å². The zero-order valence-corrected chi connectivity index (χ0v) is 16.4. The quantitative estimate of drug-likeness (QED) is 0.793. The first-order chi connectivity index (χ1) is 13.2. The lowest BCUT2D eigenvalue weighted by molar-refractivity contribution is -0.131. The van der Waals surface area contributed by atoms with Gasteiger partial charge in [-0.25, -0.2) is 0 Å². The van der Waals surface area contributed by atoms with Gasteiger partial charge in [-0.15, -0.1) is 0 Å². The van der Waals surface area contributed by atoms with Gasteiger partial charge in [0.1, 0.15) is 0 Å². The molecule has 1 aromatic heterocycles. The first kappa shape index (κ1) is 18.5. The summed E-state index contributed by atoms with van der Waals surface area (Å²) in [5.41, 5.74) is 3.12. The van der Waals surface area contributed by atoms with Crippen LogP contribution in [0.3, 0.4) is 0 Å². The molecule has 0 unspecified atom stereocenters. The Morgan fingerprint density at radius 2 is 1.89 bits per heavy atom. The van der Waals surface area contributed by atoms with Gasteiger partial charge in [0.25, 0.3) is 0 Å². The van der Waals surface area contributed by atoms with Gasteiger partial charge in [0.05, 0.1) is 12.2 Å². The minimum Gasteiger partial charge on any atom is -0.342 e. The monoisotopic (exact) mass is 383 g/mol. The highest BCUT2D eigenvalue weighted by atomic mass is 35.5. The normalized spacial score (nSPS) is 20.8. The topological polar surface area (TPSA) is 36.4 Å². The molecule has 0 N–H and O–H groups in total. The number of nitrogens with zero attached hydrogens (tertiary/aromatic N) is 3. The van der Waals surface area contributed by atoms with Crippen molar-refractivity contribution in [3.8, 4) is 11.3 Å². The van der Waals surface area contributed by atoms with E-state index in [1.807, 2.05) is 35.2 Å². The molecule has 4 nitrogen and oxygen atoms in total. The van der Waals surface area contributed by atoms with Gasteiger partial charge in [-0.05, 0) is 56.5 Å². The highest BCUT2D eigenvalue weighted by Gasteiger charge is 2.26. The molecule has 1 aromatic carbocycles. The number of amides is 1. The number of halogens is 1. The maximum Gasteiger partial charge on any atom is 0.236 e. The first-order valence-corrected chi connectivity index (χ1v) is 10.3. The van der Waals surface area contributed by atoms with Crippen molar-refractivity contribution in [1.29, 1.82) is 0 Å². The van der Waals surface area contributed by atoms with E-state index in [-0.39, 0.29) is 5.91 Å². The highest BCUT2D eigenvalue weighted by molar-refractivity contribution is 6.30. The van der Waals surface area contributed by atoms with Crippen LogP contribution in [0.5, 0.6) is 0 Å². The molecule has 3 heterocycles. The van der Waals surface area contributed by atoms with Crippen molar-refractivity contribution in [3.05, 3.63) is 53.2 Å². The largest absolute Gasteiger partial charge is 0.342 e. The van der Waals surface area contributed by atoms with Crippen molar-refractivity contribution in [2.24, 2.45) is 0 Å². The molecule has 2 aliphatic rings. The lowest BCUT2D eigenvalue weighted by atomic mass is 9.94. The van der Waals surface area contributed by atoms with E-state index in [2.05, 4.69) is 17.0 Å². The third-order valence-electron chi connectivity index (χ3n) is 5.63. The molecule has 2 fully saturated rings. The standard InChI is InChI=1S/C22H26ClN3O/c23-19-8-3-6-17(14-19)20-9-4-10-21(24-20)18-7-5-11-25(15-18)16-22(27)26-12-1-2-13-26/h3-4,6,8-10,14,18H,1-2,5,7,11-13,15-16H2/t18-/m0/s1. The summed E-state index contributed by atoms with van der Waals surface area (Å²) in [6.07, 6.45) is 4.53. The van der Waals surface area contributed by atoms with Crippen LogP contribution in [0.2, 0.25) is 5.02 Å². The van der Waals surface area contributed by atoms with Gasteiger partial charge in [-0.3, -0.25) is 14.7 Å². The summed E-state index contributed by atoms with van der Waals surface area (Å²) in [6.45, 7) is 4.32. The van der Waals surface area contributed by atoms with E-state index >= 15 is 0 Å². The zero-order chi connectivity index (χ0) is 18.6. The fourth-order valence-electron chi connectivity index (χ4n) is 4.19. The summed E-state index contributed by atoms with van der Waals surface area (Å²) in [6, 6.07) is 14.1. The molecule has 0 saturated carbocycles. The molecule has 0 spiro atoms. The molecule has 2 aliphatic heterocycles. The molecular formula is C22H26ClN3O. The number of hydrogen-bond donors (Lipinski definition) is 0. The Morgan fingerprint density at radius 3 is 2.70 bits per heavy atom. The van der Waals surface area contributed by atoms with Crippen LogP contribution < -0.4 is 0 Å². The second kappa shape index (κ2) is 8.41. The Bertz CT molecular complexity index is 804. The van der Waals surface area contributed by atoms with Crippen LogP contribution in [-0.4, -0.2) is 53.4 Å².